The molecule has 0 aliphatic carbocycles. The SMILES string of the molecule is CC(C)c1ccc2ccccc2c1-c1ccccc1P(C(C)(C)C)C(C)(C)C. The third-order valence-corrected chi connectivity index (χ3v) is 8.89. The van der Waals surface area contributed by atoms with Gasteiger partial charge in [0.2, 0.25) is 0 Å². The predicted octanol–water partition coefficient (Wildman–Crippen LogP) is 8.33. The number of fused-ring (bicyclic) bond motifs is 1. The topological polar surface area (TPSA) is 0 Å². The van der Waals surface area contributed by atoms with E-state index in [2.05, 4.69) is 116 Å². The van der Waals surface area contributed by atoms with Gasteiger partial charge in [-0.25, -0.2) is 0 Å². The Morgan fingerprint density at radius 1 is 0.679 bits per heavy atom. The lowest BCUT2D eigenvalue weighted by molar-refractivity contribution is 0.715. The van der Waals surface area contributed by atoms with Crippen LogP contribution in [-0.2, 0) is 0 Å². The molecule has 0 bridgehead atoms. The van der Waals surface area contributed by atoms with Gasteiger partial charge in [-0.3, -0.25) is 0 Å². The van der Waals surface area contributed by atoms with Crippen molar-refractivity contribution in [1.29, 1.82) is 0 Å². The van der Waals surface area contributed by atoms with E-state index in [9.17, 15) is 0 Å². The largest absolute Gasteiger partial charge is 0.0636 e. The number of rotatable bonds is 3. The van der Waals surface area contributed by atoms with Crippen molar-refractivity contribution in [3.8, 4) is 11.1 Å². The summed E-state index contributed by atoms with van der Waals surface area (Å²) in [4.78, 5) is 0. The summed E-state index contributed by atoms with van der Waals surface area (Å²) < 4.78 is 0. The van der Waals surface area contributed by atoms with Gasteiger partial charge in [-0.05, 0) is 49.0 Å². The van der Waals surface area contributed by atoms with Gasteiger partial charge < -0.3 is 0 Å². The first-order chi connectivity index (χ1) is 13.0. The lowest BCUT2D eigenvalue weighted by Crippen LogP contribution is -2.32. The molecule has 0 heterocycles. The normalized spacial score (nSPS) is 12.9. The first-order valence-electron chi connectivity index (χ1n) is 10.4. The van der Waals surface area contributed by atoms with E-state index in [4.69, 9.17) is 0 Å². The molecule has 0 spiro atoms. The Balaban J connectivity index is 2.40. The van der Waals surface area contributed by atoms with E-state index in [1.54, 1.807) is 0 Å². The van der Waals surface area contributed by atoms with Crippen LogP contribution in [0.25, 0.3) is 21.9 Å². The van der Waals surface area contributed by atoms with Crippen LogP contribution in [0.2, 0.25) is 0 Å². The maximum atomic E-state index is 2.41. The lowest BCUT2D eigenvalue weighted by Gasteiger charge is -2.43. The maximum Gasteiger partial charge on any atom is -0.00643 e. The van der Waals surface area contributed by atoms with Gasteiger partial charge in [-0.15, -0.1) is 0 Å². The van der Waals surface area contributed by atoms with E-state index < -0.39 is 0 Å². The van der Waals surface area contributed by atoms with E-state index in [0.717, 1.165) is 0 Å². The molecule has 28 heavy (non-hydrogen) atoms. The quantitative estimate of drug-likeness (QED) is 0.394. The predicted molar refractivity (Wildman–Crippen MR) is 130 cm³/mol. The Morgan fingerprint density at radius 2 is 1.25 bits per heavy atom. The molecule has 0 aliphatic heterocycles. The lowest BCUT2D eigenvalue weighted by atomic mass is 9.88. The van der Waals surface area contributed by atoms with Crippen molar-refractivity contribution < 1.29 is 0 Å². The molecule has 0 nitrogen and oxygen atoms in total. The minimum absolute atomic E-state index is 0.242. The average Bonchev–Trinajstić information content (AvgIpc) is 2.59. The van der Waals surface area contributed by atoms with Crippen LogP contribution < -0.4 is 5.30 Å². The third-order valence-electron chi connectivity index (χ3n) is 5.34. The highest BCUT2D eigenvalue weighted by Crippen LogP contribution is 2.59. The Bertz CT molecular complexity index is 953. The van der Waals surface area contributed by atoms with Crippen LogP contribution in [0, 0.1) is 0 Å². The van der Waals surface area contributed by atoms with Gasteiger partial charge in [0.1, 0.15) is 0 Å². The van der Waals surface area contributed by atoms with Gasteiger partial charge in [-0.1, -0.05) is 124 Å². The second kappa shape index (κ2) is 7.64. The van der Waals surface area contributed by atoms with Gasteiger partial charge in [-0.2, -0.15) is 0 Å². The summed E-state index contributed by atoms with van der Waals surface area (Å²) in [5.41, 5.74) is 4.31. The zero-order valence-electron chi connectivity index (χ0n) is 18.8. The molecule has 0 aliphatic rings. The summed E-state index contributed by atoms with van der Waals surface area (Å²) in [6, 6.07) is 22.7. The molecule has 0 unspecified atom stereocenters. The zero-order valence-corrected chi connectivity index (χ0v) is 19.7. The molecular weight excluding hydrogens is 355 g/mol. The summed E-state index contributed by atoms with van der Waals surface area (Å²) in [5.74, 6) is 0.489. The third kappa shape index (κ3) is 4.04. The molecular formula is C27H35P. The van der Waals surface area contributed by atoms with Gasteiger partial charge in [0.25, 0.3) is 0 Å². The summed E-state index contributed by atoms with van der Waals surface area (Å²) in [7, 11) is -0.369. The Hall–Kier alpha value is -1.65. The van der Waals surface area contributed by atoms with Crippen molar-refractivity contribution >= 4 is 24.0 Å². The van der Waals surface area contributed by atoms with Crippen LogP contribution in [-0.4, -0.2) is 10.3 Å². The van der Waals surface area contributed by atoms with E-state index in [1.807, 2.05) is 0 Å². The van der Waals surface area contributed by atoms with E-state index >= 15 is 0 Å². The van der Waals surface area contributed by atoms with Crippen LogP contribution in [0.4, 0.5) is 0 Å². The first kappa shape index (κ1) is 21.1. The Kier molecular flexibility index (Phi) is 5.75. The van der Waals surface area contributed by atoms with Crippen LogP contribution in [0.3, 0.4) is 0 Å². The molecule has 3 rings (SSSR count). The Morgan fingerprint density at radius 3 is 1.86 bits per heavy atom. The van der Waals surface area contributed by atoms with Crippen LogP contribution in [0.15, 0.2) is 60.7 Å². The van der Waals surface area contributed by atoms with Crippen molar-refractivity contribution in [2.24, 2.45) is 0 Å². The van der Waals surface area contributed by atoms with Gasteiger partial charge in [0.15, 0.2) is 0 Å². The summed E-state index contributed by atoms with van der Waals surface area (Å²) >= 11 is 0. The van der Waals surface area contributed by atoms with Crippen molar-refractivity contribution in [3.05, 3.63) is 66.2 Å². The highest BCUT2D eigenvalue weighted by Gasteiger charge is 2.37. The smallest absolute Gasteiger partial charge is 0.00643 e. The molecule has 3 aromatic rings. The zero-order chi connectivity index (χ0) is 20.7. The molecule has 3 aromatic carbocycles. The molecule has 0 N–H and O–H groups in total. The van der Waals surface area contributed by atoms with Crippen molar-refractivity contribution in [3.63, 3.8) is 0 Å². The molecule has 0 saturated heterocycles. The highest BCUT2D eigenvalue weighted by atomic mass is 31.1. The minimum atomic E-state index is -0.369. The second-order valence-electron chi connectivity index (χ2n) is 10.1. The molecule has 0 radical (unpaired) electrons. The van der Waals surface area contributed by atoms with Crippen molar-refractivity contribution in [2.75, 3.05) is 0 Å². The van der Waals surface area contributed by atoms with Crippen LogP contribution >= 0.6 is 7.92 Å². The summed E-state index contributed by atoms with van der Waals surface area (Å²) in [6.45, 7) is 19.1. The molecule has 1 heteroatoms. The molecule has 0 amide bonds. The standard InChI is InChI=1S/C27H35P/c1-19(2)21-18-17-20-13-9-10-14-22(20)25(21)23-15-11-12-16-24(23)28(26(3,4)5)27(6,7)8/h9-19H,1-8H3. The van der Waals surface area contributed by atoms with Gasteiger partial charge in [0, 0.05) is 0 Å². The average molecular weight is 391 g/mol. The van der Waals surface area contributed by atoms with Gasteiger partial charge >= 0.3 is 0 Å². The number of hydrogen-bond acceptors (Lipinski definition) is 0. The van der Waals surface area contributed by atoms with Gasteiger partial charge in [0.05, 0.1) is 0 Å². The molecule has 0 saturated carbocycles. The monoisotopic (exact) mass is 390 g/mol. The molecule has 148 valence electrons. The van der Waals surface area contributed by atoms with E-state index in [1.165, 1.54) is 32.8 Å². The highest BCUT2D eigenvalue weighted by molar-refractivity contribution is 7.68. The molecule has 0 fully saturated rings. The minimum Gasteiger partial charge on any atom is -0.0636 e. The van der Waals surface area contributed by atoms with E-state index in [-0.39, 0.29) is 18.2 Å². The summed E-state index contributed by atoms with van der Waals surface area (Å²) in [6.07, 6.45) is 0. The van der Waals surface area contributed by atoms with Crippen molar-refractivity contribution in [1.82, 2.24) is 0 Å². The maximum absolute atomic E-state index is 2.41. The fourth-order valence-electron chi connectivity index (χ4n) is 4.68. The second-order valence-corrected chi connectivity index (χ2v) is 13.9. The molecule has 0 atom stereocenters. The number of hydrogen-bond donors (Lipinski definition) is 0. The van der Waals surface area contributed by atoms with Crippen LogP contribution in [0.1, 0.15) is 66.9 Å². The Labute approximate surface area is 173 Å². The first-order valence-corrected chi connectivity index (χ1v) is 11.8. The van der Waals surface area contributed by atoms with Crippen molar-refractivity contribution in [2.45, 2.75) is 71.6 Å². The summed E-state index contributed by atoms with van der Waals surface area (Å²) in [5, 5.41) is 4.72. The van der Waals surface area contributed by atoms with Crippen LogP contribution in [0.5, 0.6) is 0 Å². The molecule has 0 aromatic heterocycles. The fourth-order valence-corrected chi connectivity index (χ4v) is 8.80. The fraction of sp³-hybridized carbons (Fsp3) is 0.407. The van der Waals surface area contributed by atoms with E-state index in [0.29, 0.717) is 5.92 Å². The number of benzene rings is 3.